The number of rotatable bonds is 2. The van der Waals surface area contributed by atoms with E-state index in [2.05, 4.69) is 0 Å². The molecular formula is C11H8FNO2. The molecule has 0 aromatic heterocycles. The average molecular weight is 205 g/mol. The minimum absolute atomic E-state index is 0.358. The highest BCUT2D eigenvalue weighted by Gasteiger charge is 2.06. The molecule has 0 atom stereocenters. The van der Waals surface area contributed by atoms with Crippen molar-refractivity contribution in [2.24, 2.45) is 0 Å². The first-order valence-electron chi connectivity index (χ1n) is 4.16. The van der Waals surface area contributed by atoms with Crippen LogP contribution in [0.1, 0.15) is 11.1 Å². The van der Waals surface area contributed by atoms with Gasteiger partial charge >= 0.3 is 5.97 Å². The fourth-order valence-electron chi connectivity index (χ4n) is 1.01. The average Bonchev–Trinajstić information content (AvgIpc) is 2.19. The zero-order valence-electron chi connectivity index (χ0n) is 7.99. The summed E-state index contributed by atoms with van der Waals surface area (Å²) in [5, 5.41) is 17.1. The summed E-state index contributed by atoms with van der Waals surface area (Å²) in [7, 11) is 0. The lowest BCUT2D eigenvalue weighted by atomic mass is 10.1. The summed E-state index contributed by atoms with van der Waals surface area (Å²) in [6.07, 6.45) is 1.13. The van der Waals surface area contributed by atoms with Gasteiger partial charge in [0.15, 0.2) is 0 Å². The number of carbonyl (C=O) groups is 1. The molecule has 0 saturated heterocycles. The molecule has 0 saturated carbocycles. The lowest BCUT2D eigenvalue weighted by Gasteiger charge is -1.98. The molecule has 1 aromatic rings. The van der Waals surface area contributed by atoms with Gasteiger partial charge in [0.1, 0.15) is 17.5 Å². The number of hydrogen-bond acceptors (Lipinski definition) is 2. The first-order valence-corrected chi connectivity index (χ1v) is 4.16. The minimum atomic E-state index is -1.32. The number of benzene rings is 1. The van der Waals surface area contributed by atoms with Gasteiger partial charge in [-0.3, -0.25) is 0 Å². The lowest BCUT2D eigenvalue weighted by Crippen LogP contribution is -1.97. The Bertz CT molecular complexity index is 472. The van der Waals surface area contributed by atoms with Crippen molar-refractivity contribution in [2.45, 2.75) is 6.92 Å². The van der Waals surface area contributed by atoms with E-state index in [1.807, 2.05) is 0 Å². The molecule has 1 aromatic carbocycles. The van der Waals surface area contributed by atoms with Gasteiger partial charge in [-0.25, -0.2) is 9.18 Å². The summed E-state index contributed by atoms with van der Waals surface area (Å²) in [5.41, 5.74) is 0.413. The second kappa shape index (κ2) is 4.38. The van der Waals surface area contributed by atoms with E-state index < -0.39 is 17.4 Å². The number of nitrogens with zero attached hydrogens (tertiary/aromatic N) is 1. The molecule has 0 heterocycles. The topological polar surface area (TPSA) is 61.1 Å². The summed E-state index contributed by atoms with van der Waals surface area (Å²) in [6, 6.07) is 5.79. The van der Waals surface area contributed by atoms with E-state index in [0.29, 0.717) is 11.1 Å². The third-order valence-corrected chi connectivity index (χ3v) is 1.86. The van der Waals surface area contributed by atoms with Crippen molar-refractivity contribution in [1.82, 2.24) is 0 Å². The standard InChI is InChI=1S/C11H8FNO2/c1-7-2-3-8(5-10(7)12)4-9(6-13)11(14)15/h2-5H,1H3,(H,14,15). The molecule has 0 spiro atoms. The summed E-state index contributed by atoms with van der Waals surface area (Å²) < 4.78 is 13.1. The molecule has 4 heteroatoms. The summed E-state index contributed by atoms with van der Waals surface area (Å²) >= 11 is 0. The van der Waals surface area contributed by atoms with Crippen molar-refractivity contribution in [3.63, 3.8) is 0 Å². The predicted octanol–water partition coefficient (Wildman–Crippen LogP) is 2.13. The quantitative estimate of drug-likeness (QED) is 0.594. The fourth-order valence-corrected chi connectivity index (χ4v) is 1.01. The molecule has 3 nitrogen and oxygen atoms in total. The second-order valence-corrected chi connectivity index (χ2v) is 2.98. The van der Waals surface area contributed by atoms with Crippen LogP contribution in [-0.2, 0) is 4.79 Å². The van der Waals surface area contributed by atoms with Crippen LogP contribution in [0.25, 0.3) is 6.08 Å². The van der Waals surface area contributed by atoms with Crippen LogP contribution in [0.3, 0.4) is 0 Å². The second-order valence-electron chi connectivity index (χ2n) is 2.98. The van der Waals surface area contributed by atoms with Crippen LogP contribution >= 0.6 is 0 Å². The summed E-state index contributed by atoms with van der Waals surface area (Å²) in [4.78, 5) is 10.5. The molecule has 0 fully saturated rings. The van der Waals surface area contributed by atoms with Gasteiger partial charge in [-0.2, -0.15) is 5.26 Å². The van der Waals surface area contributed by atoms with Crippen LogP contribution in [0.4, 0.5) is 4.39 Å². The molecule has 0 radical (unpaired) electrons. The monoisotopic (exact) mass is 205 g/mol. The number of nitriles is 1. The zero-order valence-corrected chi connectivity index (χ0v) is 7.99. The predicted molar refractivity (Wildman–Crippen MR) is 52.4 cm³/mol. The Hall–Kier alpha value is -2.15. The van der Waals surface area contributed by atoms with Gasteiger partial charge < -0.3 is 5.11 Å². The van der Waals surface area contributed by atoms with Crippen molar-refractivity contribution < 1.29 is 14.3 Å². The van der Waals surface area contributed by atoms with E-state index in [1.165, 1.54) is 18.2 Å². The van der Waals surface area contributed by atoms with Crippen molar-refractivity contribution in [3.8, 4) is 6.07 Å². The van der Waals surface area contributed by atoms with E-state index in [4.69, 9.17) is 10.4 Å². The molecule has 0 amide bonds. The molecule has 0 unspecified atom stereocenters. The molecule has 76 valence electrons. The van der Waals surface area contributed by atoms with Crippen molar-refractivity contribution in [3.05, 3.63) is 40.7 Å². The van der Waals surface area contributed by atoms with Crippen LogP contribution in [0.2, 0.25) is 0 Å². The first-order chi connectivity index (χ1) is 7.04. The first kappa shape index (κ1) is 10.9. The number of carboxylic acids is 1. The van der Waals surface area contributed by atoms with E-state index in [9.17, 15) is 9.18 Å². The van der Waals surface area contributed by atoms with Crippen LogP contribution in [0, 0.1) is 24.1 Å². The number of halogens is 1. The SMILES string of the molecule is Cc1ccc(C=C(C#N)C(=O)O)cc1F. The molecule has 0 bridgehead atoms. The minimum Gasteiger partial charge on any atom is -0.477 e. The zero-order chi connectivity index (χ0) is 11.4. The van der Waals surface area contributed by atoms with Crippen molar-refractivity contribution in [1.29, 1.82) is 5.26 Å². The Morgan fingerprint density at radius 2 is 2.27 bits per heavy atom. The molecule has 1 N–H and O–H groups in total. The Labute approximate surface area is 86.1 Å². The van der Waals surface area contributed by atoms with Crippen LogP contribution in [-0.4, -0.2) is 11.1 Å². The lowest BCUT2D eigenvalue weighted by molar-refractivity contribution is -0.132. The molecule has 0 aliphatic rings. The van der Waals surface area contributed by atoms with Gasteiger partial charge in [-0.15, -0.1) is 0 Å². The Kier molecular flexibility index (Phi) is 3.19. The maximum Gasteiger partial charge on any atom is 0.346 e. The van der Waals surface area contributed by atoms with E-state index in [1.54, 1.807) is 13.0 Å². The van der Waals surface area contributed by atoms with Crippen LogP contribution in [0.15, 0.2) is 23.8 Å². The molecule has 1 rings (SSSR count). The smallest absolute Gasteiger partial charge is 0.346 e. The summed E-state index contributed by atoms with van der Waals surface area (Å²) in [5.74, 6) is -1.75. The van der Waals surface area contributed by atoms with Crippen molar-refractivity contribution >= 4 is 12.0 Å². The highest BCUT2D eigenvalue weighted by molar-refractivity contribution is 5.96. The fraction of sp³-hybridized carbons (Fsp3) is 0.0909. The third-order valence-electron chi connectivity index (χ3n) is 1.86. The third kappa shape index (κ3) is 2.64. The van der Waals surface area contributed by atoms with Crippen LogP contribution < -0.4 is 0 Å². The summed E-state index contributed by atoms with van der Waals surface area (Å²) in [6.45, 7) is 1.60. The van der Waals surface area contributed by atoms with Gasteiger partial charge in [0, 0.05) is 0 Å². The number of aliphatic carboxylic acids is 1. The van der Waals surface area contributed by atoms with E-state index in [0.717, 1.165) is 6.08 Å². The molecule has 0 aliphatic heterocycles. The number of carboxylic acid groups (broad SMARTS) is 1. The highest BCUT2D eigenvalue weighted by atomic mass is 19.1. The van der Waals surface area contributed by atoms with Gasteiger partial charge in [0.25, 0.3) is 0 Å². The van der Waals surface area contributed by atoms with Gasteiger partial charge in [-0.05, 0) is 30.2 Å². The number of hydrogen-bond donors (Lipinski definition) is 1. The van der Waals surface area contributed by atoms with Crippen LogP contribution in [0.5, 0.6) is 0 Å². The molecular weight excluding hydrogens is 197 g/mol. The van der Waals surface area contributed by atoms with Gasteiger partial charge in [-0.1, -0.05) is 12.1 Å². The molecule has 0 aliphatic carbocycles. The highest BCUT2D eigenvalue weighted by Crippen LogP contribution is 2.12. The Morgan fingerprint density at radius 1 is 1.60 bits per heavy atom. The van der Waals surface area contributed by atoms with Crippen molar-refractivity contribution in [2.75, 3.05) is 0 Å². The van der Waals surface area contributed by atoms with Gasteiger partial charge in [0.05, 0.1) is 0 Å². The Morgan fingerprint density at radius 3 is 2.73 bits per heavy atom. The maximum absolute atomic E-state index is 13.1. The largest absolute Gasteiger partial charge is 0.477 e. The maximum atomic E-state index is 13.1. The molecule has 15 heavy (non-hydrogen) atoms. The Balaban J connectivity index is 3.14. The number of aryl methyl sites for hydroxylation is 1. The van der Waals surface area contributed by atoms with E-state index >= 15 is 0 Å². The normalized spacial score (nSPS) is 10.9. The van der Waals surface area contributed by atoms with Gasteiger partial charge in [0.2, 0.25) is 0 Å². The van der Waals surface area contributed by atoms with E-state index in [-0.39, 0.29) is 0 Å².